The first-order valence-electron chi connectivity index (χ1n) is 15.7. The molecule has 1 aliphatic rings. The van der Waals surface area contributed by atoms with Crippen LogP contribution in [0, 0.1) is 0 Å². The van der Waals surface area contributed by atoms with Crippen LogP contribution in [0.3, 0.4) is 0 Å². The van der Waals surface area contributed by atoms with Crippen molar-refractivity contribution < 1.29 is 0 Å². The third-order valence-corrected chi connectivity index (χ3v) is 10.8. The van der Waals surface area contributed by atoms with Gasteiger partial charge < -0.3 is 9.13 Å². The van der Waals surface area contributed by atoms with Crippen LogP contribution in [-0.2, 0) is 0 Å². The van der Waals surface area contributed by atoms with Crippen LogP contribution in [0.15, 0.2) is 146 Å². The van der Waals surface area contributed by atoms with Crippen LogP contribution in [0.1, 0.15) is 18.4 Å². The topological polar surface area (TPSA) is 9.86 Å². The smallest absolute Gasteiger partial charge is 0.0641 e. The highest BCUT2D eigenvalue weighted by Gasteiger charge is 2.23. The number of allylic oxidation sites excluding steroid dienone is 4. The van der Waals surface area contributed by atoms with Gasteiger partial charge in [0, 0.05) is 42.7 Å². The number of nitrogens with zero attached hydrogens (tertiary/aromatic N) is 2. The molecule has 0 atom stereocenters. The van der Waals surface area contributed by atoms with Crippen molar-refractivity contribution in [2.24, 2.45) is 0 Å². The lowest BCUT2D eigenvalue weighted by molar-refractivity contribution is 1.04. The highest BCUT2D eigenvalue weighted by Crippen LogP contribution is 2.45. The average molecular weight is 593 g/mol. The third-order valence-electron chi connectivity index (χ3n) is 9.59. The summed E-state index contributed by atoms with van der Waals surface area (Å²) in [5.74, 6) is 0. The minimum absolute atomic E-state index is 1.02. The molecule has 0 radical (unpaired) electrons. The zero-order valence-electron chi connectivity index (χ0n) is 24.6. The first-order chi connectivity index (χ1) is 22.3. The van der Waals surface area contributed by atoms with Crippen molar-refractivity contribution in [3.8, 4) is 5.69 Å². The molecule has 0 saturated heterocycles. The van der Waals surface area contributed by atoms with E-state index in [1.54, 1.807) is 0 Å². The fourth-order valence-corrected chi connectivity index (χ4v) is 8.87. The van der Waals surface area contributed by atoms with Gasteiger partial charge in [-0.1, -0.05) is 109 Å². The monoisotopic (exact) mass is 592 g/mol. The van der Waals surface area contributed by atoms with Crippen molar-refractivity contribution in [3.63, 3.8) is 0 Å². The van der Waals surface area contributed by atoms with Crippen LogP contribution in [0.25, 0.3) is 80.7 Å². The predicted molar refractivity (Wildman–Crippen MR) is 195 cm³/mol. The van der Waals surface area contributed by atoms with E-state index in [-0.39, 0.29) is 0 Å². The average Bonchev–Trinajstić information content (AvgIpc) is 3.76. The summed E-state index contributed by atoms with van der Waals surface area (Å²) in [6.07, 6.45) is 6.92. The Balaban J connectivity index is 1.34. The summed E-state index contributed by atoms with van der Waals surface area (Å²) in [6.45, 7) is 0. The molecule has 0 amide bonds. The fraction of sp³-hybridized carbons (Fsp3) is 0.0476. The molecule has 6 aromatic carbocycles. The van der Waals surface area contributed by atoms with E-state index in [1.165, 1.54) is 86.3 Å². The number of thiophene rings is 1. The SMILES string of the molecule is C1=C(c2ccccc2)CCC=C1n1c2ccccc2c2ccc3c(c4ccccc4n3-c3cccc4c3sc3ccccc34)c21. The summed E-state index contributed by atoms with van der Waals surface area (Å²) < 4.78 is 7.69. The molecule has 1 aliphatic carbocycles. The second-order valence-electron chi connectivity index (χ2n) is 12.0. The van der Waals surface area contributed by atoms with Crippen LogP contribution in [0.4, 0.5) is 0 Å². The van der Waals surface area contributed by atoms with Gasteiger partial charge >= 0.3 is 0 Å². The maximum atomic E-state index is 2.53. The Morgan fingerprint density at radius 2 is 1.22 bits per heavy atom. The Kier molecular flexibility index (Phi) is 5.31. The molecule has 45 heavy (non-hydrogen) atoms. The van der Waals surface area contributed by atoms with Crippen LogP contribution >= 0.6 is 11.3 Å². The normalized spacial score (nSPS) is 13.9. The number of hydrogen-bond acceptors (Lipinski definition) is 1. The molecule has 0 spiro atoms. The molecule has 0 bridgehead atoms. The van der Waals surface area contributed by atoms with Crippen molar-refractivity contribution in [1.82, 2.24) is 9.13 Å². The lowest BCUT2D eigenvalue weighted by atomic mass is 9.96. The molecule has 3 aromatic heterocycles. The van der Waals surface area contributed by atoms with E-state index in [2.05, 4.69) is 155 Å². The molecule has 2 nitrogen and oxygen atoms in total. The molecule has 0 unspecified atom stereocenters. The van der Waals surface area contributed by atoms with Gasteiger partial charge in [0.1, 0.15) is 0 Å². The second kappa shape index (κ2) is 9.56. The number of rotatable bonds is 3. The van der Waals surface area contributed by atoms with E-state index in [9.17, 15) is 0 Å². The molecule has 0 saturated carbocycles. The number of benzene rings is 6. The molecule has 0 aliphatic heterocycles. The van der Waals surface area contributed by atoms with Crippen molar-refractivity contribution >= 4 is 86.4 Å². The van der Waals surface area contributed by atoms with Gasteiger partial charge in [0.25, 0.3) is 0 Å². The Morgan fingerprint density at radius 1 is 0.511 bits per heavy atom. The Hall–Kier alpha value is -5.38. The Labute approximate surface area is 264 Å². The van der Waals surface area contributed by atoms with Crippen LogP contribution in [0.2, 0.25) is 0 Å². The van der Waals surface area contributed by atoms with Crippen molar-refractivity contribution in [1.29, 1.82) is 0 Å². The maximum absolute atomic E-state index is 2.53. The zero-order valence-corrected chi connectivity index (χ0v) is 25.4. The van der Waals surface area contributed by atoms with Gasteiger partial charge in [-0.15, -0.1) is 11.3 Å². The van der Waals surface area contributed by atoms with E-state index in [4.69, 9.17) is 0 Å². The van der Waals surface area contributed by atoms with Crippen molar-refractivity contribution in [2.45, 2.75) is 12.8 Å². The van der Waals surface area contributed by atoms with E-state index < -0.39 is 0 Å². The lowest BCUT2D eigenvalue weighted by Gasteiger charge is -2.17. The van der Waals surface area contributed by atoms with Gasteiger partial charge in [-0.3, -0.25) is 0 Å². The van der Waals surface area contributed by atoms with Gasteiger partial charge in [-0.05, 0) is 60.4 Å². The Bertz CT molecular complexity index is 2700. The molecule has 3 heterocycles. The summed E-state index contributed by atoms with van der Waals surface area (Å²) in [5, 5.41) is 7.82. The maximum Gasteiger partial charge on any atom is 0.0641 e. The van der Waals surface area contributed by atoms with Crippen LogP contribution in [0.5, 0.6) is 0 Å². The molecule has 10 rings (SSSR count). The Morgan fingerprint density at radius 3 is 2.09 bits per heavy atom. The number of aromatic nitrogens is 2. The lowest BCUT2D eigenvalue weighted by Crippen LogP contribution is -2.00. The standard InChI is InChI=1S/C42H28N2S/c1-2-12-27(13-3-1)28-14-10-15-29(26-28)43-35-20-7-4-16-30(35)32-24-25-37-40(41(32)43)34-18-5-8-21-36(34)44(37)38-22-11-19-33-31-17-6-9-23-39(31)45-42(33)38/h1-9,11-13,15-26H,10,14H2. The summed E-state index contributed by atoms with van der Waals surface area (Å²) in [4.78, 5) is 0. The fourth-order valence-electron chi connectivity index (χ4n) is 7.67. The van der Waals surface area contributed by atoms with Crippen LogP contribution in [-0.4, -0.2) is 9.13 Å². The van der Waals surface area contributed by atoms with Gasteiger partial charge in [-0.25, -0.2) is 0 Å². The van der Waals surface area contributed by atoms with Gasteiger partial charge in [0.15, 0.2) is 0 Å². The number of fused-ring (bicyclic) bond motifs is 10. The summed E-state index contributed by atoms with van der Waals surface area (Å²) in [5.41, 5.74) is 10.2. The summed E-state index contributed by atoms with van der Waals surface area (Å²) in [7, 11) is 0. The largest absolute Gasteiger partial charge is 0.309 e. The summed E-state index contributed by atoms with van der Waals surface area (Å²) >= 11 is 1.89. The first-order valence-corrected chi connectivity index (χ1v) is 16.5. The number of para-hydroxylation sites is 2. The van der Waals surface area contributed by atoms with E-state index in [0.717, 1.165) is 12.8 Å². The van der Waals surface area contributed by atoms with Gasteiger partial charge in [0.2, 0.25) is 0 Å². The molecule has 0 fully saturated rings. The van der Waals surface area contributed by atoms with Crippen LogP contribution < -0.4 is 0 Å². The molecule has 0 N–H and O–H groups in total. The van der Waals surface area contributed by atoms with Gasteiger partial charge in [-0.2, -0.15) is 0 Å². The number of hydrogen-bond donors (Lipinski definition) is 0. The molecule has 3 heteroatoms. The highest BCUT2D eigenvalue weighted by atomic mass is 32.1. The molecular formula is C42H28N2S. The summed E-state index contributed by atoms with van der Waals surface area (Å²) in [6, 6.07) is 49.0. The zero-order chi connectivity index (χ0) is 29.5. The first kappa shape index (κ1) is 25.0. The second-order valence-corrected chi connectivity index (χ2v) is 13.1. The van der Waals surface area contributed by atoms with E-state index in [1.807, 2.05) is 11.3 Å². The predicted octanol–water partition coefficient (Wildman–Crippen LogP) is 12.0. The molecule has 9 aromatic rings. The van der Waals surface area contributed by atoms with Crippen molar-refractivity contribution in [3.05, 3.63) is 151 Å². The molecule has 212 valence electrons. The quantitative estimate of drug-likeness (QED) is 0.193. The van der Waals surface area contributed by atoms with Crippen molar-refractivity contribution in [2.75, 3.05) is 0 Å². The molecular weight excluding hydrogens is 565 g/mol. The van der Waals surface area contributed by atoms with Gasteiger partial charge in [0.05, 0.1) is 32.5 Å². The minimum Gasteiger partial charge on any atom is -0.309 e. The van der Waals surface area contributed by atoms with E-state index in [0.29, 0.717) is 0 Å². The van der Waals surface area contributed by atoms with E-state index >= 15 is 0 Å². The third kappa shape index (κ3) is 3.56. The minimum atomic E-state index is 1.02. The highest BCUT2D eigenvalue weighted by molar-refractivity contribution is 7.26.